The van der Waals surface area contributed by atoms with Gasteiger partial charge in [-0.15, -0.1) is 0 Å². The SMILES string of the molecule is Cc1ccccc1C[C@@H](O)c1ccccc1C. The second-order valence-electron chi connectivity index (χ2n) is 4.50. The number of aliphatic hydroxyl groups is 1. The van der Waals surface area contributed by atoms with E-state index in [9.17, 15) is 5.11 Å². The van der Waals surface area contributed by atoms with Crippen LogP contribution in [0.3, 0.4) is 0 Å². The highest BCUT2D eigenvalue weighted by molar-refractivity contribution is 5.31. The summed E-state index contributed by atoms with van der Waals surface area (Å²) in [6.07, 6.45) is 0.259. The highest BCUT2D eigenvalue weighted by Gasteiger charge is 2.11. The van der Waals surface area contributed by atoms with Crippen LogP contribution in [0.25, 0.3) is 0 Å². The maximum atomic E-state index is 10.3. The molecule has 0 amide bonds. The molecule has 0 saturated carbocycles. The summed E-state index contributed by atoms with van der Waals surface area (Å²) < 4.78 is 0. The fraction of sp³-hybridized carbons (Fsp3) is 0.250. The lowest BCUT2D eigenvalue weighted by Gasteiger charge is -2.15. The molecule has 1 atom stereocenters. The van der Waals surface area contributed by atoms with E-state index < -0.39 is 6.10 Å². The molecule has 2 rings (SSSR count). The molecule has 1 nitrogen and oxygen atoms in total. The van der Waals surface area contributed by atoms with Crippen molar-refractivity contribution in [1.29, 1.82) is 0 Å². The van der Waals surface area contributed by atoms with Gasteiger partial charge in [-0.05, 0) is 36.1 Å². The van der Waals surface area contributed by atoms with E-state index in [0.29, 0.717) is 6.42 Å². The van der Waals surface area contributed by atoms with Gasteiger partial charge in [-0.25, -0.2) is 0 Å². The topological polar surface area (TPSA) is 20.2 Å². The highest BCUT2D eigenvalue weighted by atomic mass is 16.3. The average molecular weight is 226 g/mol. The normalized spacial score (nSPS) is 12.4. The summed E-state index contributed by atoms with van der Waals surface area (Å²) >= 11 is 0. The quantitative estimate of drug-likeness (QED) is 0.848. The molecule has 0 aliphatic carbocycles. The van der Waals surface area contributed by atoms with E-state index in [1.807, 2.05) is 43.3 Å². The number of hydrogen-bond acceptors (Lipinski definition) is 1. The van der Waals surface area contributed by atoms with E-state index in [4.69, 9.17) is 0 Å². The summed E-state index contributed by atoms with van der Waals surface area (Å²) in [6, 6.07) is 16.2. The van der Waals surface area contributed by atoms with E-state index in [0.717, 1.165) is 11.1 Å². The molecule has 88 valence electrons. The molecule has 1 N–H and O–H groups in total. The maximum absolute atomic E-state index is 10.3. The molecule has 17 heavy (non-hydrogen) atoms. The predicted octanol–water partition coefficient (Wildman–Crippen LogP) is 3.58. The number of rotatable bonds is 3. The Hall–Kier alpha value is -1.60. The molecule has 0 saturated heterocycles. The van der Waals surface area contributed by atoms with Crippen LogP contribution in [0.1, 0.15) is 28.4 Å². The molecule has 0 heterocycles. The van der Waals surface area contributed by atoms with Crippen molar-refractivity contribution in [2.75, 3.05) is 0 Å². The number of aryl methyl sites for hydroxylation is 2. The first-order chi connectivity index (χ1) is 8.18. The largest absolute Gasteiger partial charge is 0.388 e. The molecule has 2 aromatic carbocycles. The van der Waals surface area contributed by atoms with Crippen LogP contribution in [0.5, 0.6) is 0 Å². The Morgan fingerprint density at radius 3 is 2.12 bits per heavy atom. The summed E-state index contributed by atoms with van der Waals surface area (Å²) in [5, 5.41) is 10.3. The van der Waals surface area contributed by atoms with Gasteiger partial charge in [-0.3, -0.25) is 0 Å². The average Bonchev–Trinajstić information content (AvgIpc) is 2.32. The first kappa shape index (κ1) is 11.9. The monoisotopic (exact) mass is 226 g/mol. The van der Waals surface area contributed by atoms with Crippen LogP contribution in [0.2, 0.25) is 0 Å². The standard InChI is InChI=1S/C16H18O/c1-12-7-3-5-9-14(12)11-16(17)15-10-6-4-8-13(15)2/h3-10,16-17H,11H2,1-2H3/t16-/m1/s1. The summed E-state index contributed by atoms with van der Waals surface area (Å²) in [7, 11) is 0. The molecule has 0 unspecified atom stereocenters. The zero-order valence-corrected chi connectivity index (χ0v) is 10.4. The predicted molar refractivity (Wildman–Crippen MR) is 71.0 cm³/mol. The van der Waals surface area contributed by atoms with Crippen molar-refractivity contribution in [3.63, 3.8) is 0 Å². The number of hydrogen-bond donors (Lipinski definition) is 1. The minimum Gasteiger partial charge on any atom is -0.388 e. The van der Waals surface area contributed by atoms with Crippen molar-refractivity contribution in [2.24, 2.45) is 0 Å². The fourth-order valence-corrected chi connectivity index (χ4v) is 2.12. The molecule has 0 aliphatic rings. The van der Waals surface area contributed by atoms with E-state index >= 15 is 0 Å². The van der Waals surface area contributed by atoms with Crippen LogP contribution >= 0.6 is 0 Å². The molecule has 0 aromatic heterocycles. The van der Waals surface area contributed by atoms with Gasteiger partial charge in [-0.2, -0.15) is 0 Å². The second-order valence-corrected chi connectivity index (χ2v) is 4.50. The van der Waals surface area contributed by atoms with Crippen molar-refractivity contribution < 1.29 is 5.11 Å². The van der Waals surface area contributed by atoms with Gasteiger partial charge in [-0.1, -0.05) is 48.5 Å². The molecule has 2 aromatic rings. The van der Waals surface area contributed by atoms with Gasteiger partial charge >= 0.3 is 0 Å². The number of benzene rings is 2. The van der Waals surface area contributed by atoms with E-state index in [2.05, 4.69) is 19.1 Å². The Labute approximate surface area is 103 Å². The summed E-state index contributed by atoms with van der Waals surface area (Å²) in [5.41, 5.74) is 4.62. The smallest absolute Gasteiger partial charge is 0.0833 e. The third kappa shape index (κ3) is 2.75. The van der Waals surface area contributed by atoms with Gasteiger partial charge < -0.3 is 5.11 Å². The first-order valence-corrected chi connectivity index (χ1v) is 5.96. The van der Waals surface area contributed by atoms with Crippen LogP contribution < -0.4 is 0 Å². The Bertz CT molecular complexity index is 502. The second kappa shape index (κ2) is 5.15. The molecular weight excluding hydrogens is 208 g/mol. The van der Waals surface area contributed by atoms with Crippen LogP contribution in [-0.4, -0.2) is 5.11 Å². The zero-order chi connectivity index (χ0) is 12.3. The van der Waals surface area contributed by atoms with Crippen LogP contribution in [-0.2, 0) is 6.42 Å². The van der Waals surface area contributed by atoms with Crippen LogP contribution in [0.4, 0.5) is 0 Å². The van der Waals surface area contributed by atoms with Crippen molar-refractivity contribution in [1.82, 2.24) is 0 Å². The highest BCUT2D eigenvalue weighted by Crippen LogP contribution is 2.22. The first-order valence-electron chi connectivity index (χ1n) is 5.96. The third-order valence-electron chi connectivity index (χ3n) is 3.22. The van der Waals surface area contributed by atoms with E-state index in [1.165, 1.54) is 11.1 Å². The van der Waals surface area contributed by atoms with E-state index in [1.54, 1.807) is 0 Å². The van der Waals surface area contributed by atoms with Crippen molar-refractivity contribution >= 4 is 0 Å². The lowest BCUT2D eigenvalue weighted by Crippen LogP contribution is -2.04. The molecule has 1 heteroatoms. The molecule has 0 aliphatic heterocycles. The third-order valence-corrected chi connectivity index (χ3v) is 3.22. The van der Waals surface area contributed by atoms with Gasteiger partial charge in [0.05, 0.1) is 6.10 Å². The van der Waals surface area contributed by atoms with Crippen molar-refractivity contribution in [2.45, 2.75) is 26.4 Å². The molecule has 0 radical (unpaired) electrons. The van der Waals surface area contributed by atoms with Crippen LogP contribution in [0.15, 0.2) is 48.5 Å². The lowest BCUT2D eigenvalue weighted by atomic mass is 9.96. The fourth-order valence-electron chi connectivity index (χ4n) is 2.12. The Kier molecular flexibility index (Phi) is 3.60. The Morgan fingerprint density at radius 2 is 1.47 bits per heavy atom. The zero-order valence-electron chi connectivity index (χ0n) is 10.4. The lowest BCUT2D eigenvalue weighted by molar-refractivity contribution is 0.177. The van der Waals surface area contributed by atoms with Crippen LogP contribution in [0, 0.1) is 13.8 Å². The number of aliphatic hydroxyl groups excluding tert-OH is 1. The molecule has 0 spiro atoms. The minimum atomic E-state index is -0.419. The minimum absolute atomic E-state index is 0.419. The van der Waals surface area contributed by atoms with Gasteiger partial charge in [0.25, 0.3) is 0 Å². The van der Waals surface area contributed by atoms with E-state index in [-0.39, 0.29) is 0 Å². The molecular formula is C16H18O. The van der Waals surface area contributed by atoms with Gasteiger partial charge in [0, 0.05) is 6.42 Å². The van der Waals surface area contributed by atoms with Gasteiger partial charge in [0.2, 0.25) is 0 Å². The van der Waals surface area contributed by atoms with Gasteiger partial charge in [0.1, 0.15) is 0 Å². The summed E-state index contributed by atoms with van der Waals surface area (Å²) in [6.45, 7) is 4.12. The van der Waals surface area contributed by atoms with Gasteiger partial charge in [0.15, 0.2) is 0 Å². The molecule has 0 fully saturated rings. The maximum Gasteiger partial charge on any atom is 0.0833 e. The summed E-state index contributed by atoms with van der Waals surface area (Å²) in [5.74, 6) is 0. The Morgan fingerprint density at radius 1 is 0.882 bits per heavy atom. The molecule has 0 bridgehead atoms. The van der Waals surface area contributed by atoms with Crippen molar-refractivity contribution in [3.8, 4) is 0 Å². The Balaban J connectivity index is 2.20. The van der Waals surface area contributed by atoms with Crippen molar-refractivity contribution in [3.05, 3.63) is 70.8 Å². The summed E-state index contributed by atoms with van der Waals surface area (Å²) in [4.78, 5) is 0.